The number of halogens is 1. The maximum Gasteiger partial charge on any atom is 0.188 e. The van der Waals surface area contributed by atoms with Gasteiger partial charge in [-0.15, -0.1) is 24.0 Å². The predicted molar refractivity (Wildman–Crippen MR) is 82.8 cm³/mol. The number of rotatable bonds is 5. The van der Waals surface area contributed by atoms with E-state index in [4.69, 9.17) is 5.73 Å². The van der Waals surface area contributed by atoms with Gasteiger partial charge in [-0.1, -0.05) is 32.6 Å². The molecule has 4 nitrogen and oxygen atoms in total. The normalized spacial score (nSPS) is 19.5. The molecule has 17 heavy (non-hydrogen) atoms. The fraction of sp³-hybridized carbons (Fsp3) is 0.917. The molecule has 1 rings (SSSR count). The van der Waals surface area contributed by atoms with E-state index in [1.807, 2.05) is 0 Å². The highest BCUT2D eigenvalue weighted by Crippen LogP contribution is 2.27. The van der Waals surface area contributed by atoms with Crippen molar-refractivity contribution in [2.45, 2.75) is 57.5 Å². The lowest BCUT2D eigenvalue weighted by Crippen LogP contribution is -2.38. The Morgan fingerprint density at radius 1 is 1.35 bits per heavy atom. The van der Waals surface area contributed by atoms with Crippen molar-refractivity contribution in [3.63, 3.8) is 0 Å². The lowest BCUT2D eigenvalue weighted by molar-refractivity contribution is 0.0132. The molecule has 0 aromatic heterocycles. The fourth-order valence-electron chi connectivity index (χ4n) is 2.05. The molecule has 1 fully saturated rings. The number of hydrogen-bond donors (Lipinski definition) is 3. The molecule has 0 radical (unpaired) electrons. The average Bonchev–Trinajstić information content (AvgIpc) is 2.28. The molecule has 0 aliphatic heterocycles. The molecule has 0 bridgehead atoms. The van der Waals surface area contributed by atoms with Crippen molar-refractivity contribution in [2.75, 3.05) is 13.1 Å². The van der Waals surface area contributed by atoms with Crippen molar-refractivity contribution in [2.24, 2.45) is 10.7 Å². The summed E-state index contributed by atoms with van der Waals surface area (Å²) in [6.07, 6.45) is 7.41. The molecule has 0 aromatic carbocycles. The topological polar surface area (TPSA) is 70.6 Å². The summed E-state index contributed by atoms with van der Waals surface area (Å²) in [4.78, 5) is 4.22. The second-order valence-corrected chi connectivity index (χ2v) is 4.77. The summed E-state index contributed by atoms with van der Waals surface area (Å²) in [5, 5.41) is 13.3. The summed E-state index contributed by atoms with van der Waals surface area (Å²) >= 11 is 0. The molecule has 4 N–H and O–H groups in total. The summed E-state index contributed by atoms with van der Waals surface area (Å²) in [6, 6.07) is 0. The summed E-state index contributed by atoms with van der Waals surface area (Å²) in [7, 11) is 0. The van der Waals surface area contributed by atoms with Gasteiger partial charge in [0.1, 0.15) is 0 Å². The van der Waals surface area contributed by atoms with E-state index in [-0.39, 0.29) is 24.0 Å². The van der Waals surface area contributed by atoms with Gasteiger partial charge in [0.25, 0.3) is 0 Å². The van der Waals surface area contributed by atoms with Crippen molar-refractivity contribution >= 4 is 29.9 Å². The summed E-state index contributed by atoms with van der Waals surface area (Å²) in [5.74, 6) is 0.465. The zero-order valence-electron chi connectivity index (χ0n) is 10.7. The number of aliphatic hydroxyl groups is 1. The second kappa shape index (κ2) is 8.97. The van der Waals surface area contributed by atoms with Crippen LogP contribution in [0.4, 0.5) is 0 Å². The molecule has 102 valence electrons. The van der Waals surface area contributed by atoms with Crippen LogP contribution in [-0.4, -0.2) is 29.8 Å². The highest BCUT2D eigenvalue weighted by atomic mass is 127. The Morgan fingerprint density at radius 3 is 2.59 bits per heavy atom. The zero-order valence-corrected chi connectivity index (χ0v) is 13.1. The second-order valence-electron chi connectivity index (χ2n) is 4.77. The van der Waals surface area contributed by atoms with Crippen LogP contribution in [0.25, 0.3) is 0 Å². The van der Waals surface area contributed by atoms with E-state index in [1.54, 1.807) is 0 Å². The van der Waals surface area contributed by atoms with Crippen molar-refractivity contribution in [3.05, 3.63) is 0 Å². The highest BCUT2D eigenvalue weighted by Gasteiger charge is 2.28. The summed E-state index contributed by atoms with van der Waals surface area (Å²) < 4.78 is 0. The van der Waals surface area contributed by atoms with Gasteiger partial charge in [0.15, 0.2) is 5.96 Å². The van der Waals surface area contributed by atoms with Gasteiger partial charge >= 0.3 is 0 Å². The summed E-state index contributed by atoms with van der Waals surface area (Å²) in [5.41, 5.74) is 5.12. The molecule has 1 saturated carbocycles. The first-order valence-corrected chi connectivity index (χ1v) is 6.42. The number of aliphatic imine (C=N–C) groups is 1. The maximum absolute atomic E-state index is 10.2. The maximum atomic E-state index is 10.2. The molecule has 0 heterocycles. The van der Waals surface area contributed by atoms with Crippen LogP contribution in [0.15, 0.2) is 4.99 Å². The van der Waals surface area contributed by atoms with E-state index in [0.29, 0.717) is 12.5 Å². The van der Waals surface area contributed by atoms with Gasteiger partial charge in [0.05, 0.1) is 12.1 Å². The van der Waals surface area contributed by atoms with Crippen LogP contribution in [0.1, 0.15) is 51.9 Å². The Hall–Kier alpha value is -0.0400. The molecule has 0 unspecified atom stereocenters. The minimum absolute atomic E-state index is 0. The lowest BCUT2D eigenvalue weighted by atomic mass is 9.85. The SMILES string of the molecule is CCCCNC(N)=NCC1(O)CCCCC1.I. The molecule has 0 saturated heterocycles. The molecule has 1 aliphatic rings. The van der Waals surface area contributed by atoms with Crippen LogP contribution >= 0.6 is 24.0 Å². The third-order valence-electron chi connectivity index (χ3n) is 3.16. The minimum atomic E-state index is -0.602. The van der Waals surface area contributed by atoms with E-state index < -0.39 is 5.60 Å². The molecule has 0 spiro atoms. The molecular formula is C12H26IN3O. The zero-order chi connectivity index (χ0) is 11.9. The van der Waals surface area contributed by atoms with E-state index in [2.05, 4.69) is 17.2 Å². The quantitative estimate of drug-likeness (QED) is 0.306. The molecular weight excluding hydrogens is 329 g/mol. The Labute approximate surface area is 121 Å². The number of guanidine groups is 1. The van der Waals surface area contributed by atoms with E-state index >= 15 is 0 Å². The number of nitrogens with zero attached hydrogens (tertiary/aromatic N) is 1. The highest BCUT2D eigenvalue weighted by molar-refractivity contribution is 14.0. The van der Waals surface area contributed by atoms with Crippen LogP contribution in [0.3, 0.4) is 0 Å². The number of hydrogen-bond acceptors (Lipinski definition) is 2. The van der Waals surface area contributed by atoms with E-state index in [0.717, 1.165) is 45.1 Å². The van der Waals surface area contributed by atoms with Gasteiger partial charge in [-0.2, -0.15) is 0 Å². The van der Waals surface area contributed by atoms with Crippen LogP contribution in [0.2, 0.25) is 0 Å². The third-order valence-corrected chi connectivity index (χ3v) is 3.16. The largest absolute Gasteiger partial charge is 0.388 e. The molecule has 0 atom stereocenters. The number of unbranched alkanes of at least 4 members (excludes halogenated alkanes) is 1. The summed E-state index contributed by atoms with van der Waals surface area (Å²) in [6.45, 7) is 3.45. The van der Waals surface area contributed by atoms with Gasteiger partial charge in [0, 0.05) is 6.54 Å². The molecule has 0 aromatic rings. The number of nitrogens with two attached hydrogens (primary N) is 1. The Balaban J connectivity index is 0.00000256. The average molecular weight is 355 g/mol. The number of nitrogens with one attached hydrogen (secondary N) is 1. The van der Waals surface area contributed by atoms with Crippen LogP contribution in [0, 0.1) is 0 Å². The Kier molecular flexibility index (Phi) is 8.94. The lowest BCUT2D eigenvalue weighted by Gasteiger charge is -2.30. The first-order valence-electron chi connectivity index (χ1n) is 6.42. The van der Waals surface area contributed by atoms with Crippen LogP contribution < -0.4 is 11.1 Å². The van der Waals surface area contributed by atoms with Crippen molar-refractivity contribution in [1.29, 1.82) is 0 Å². The van der Waals surface area contributed by atoms with Gasteiger partial charge in [0.2, 0.25) is 0 Å². The van der Waals surface area contributed by atoms with Gasteiger partial charge < -0.3 is 16.2 Å². The first kappa shape index (κ1) is 17.0. The molecule has 0 amide bonds. The molecule has 5 heteroatoms. The van der Waals surface area contributed by atoms with Gasteiger partial charge in [-0.25, -0.2) is 0 Å². The minimum Gasteiger partial charge on any atom is -0.388 e. The van der Waals surface area contributed by atoms with Crippen LogP contribution in [-0.2, 0) is 0 Å². The smallest absolute Gasteiger partial charge is 0.188 e. The Bertz CT molecular complexity index is 228. The van der Waals surface area contributed by atoms with Gasteiger partial charge in [-0.3, -0.25) is 4.99 Å². The van der Waals surface area contributed by atoms with Crippen LogP contribution in [0.5, 0.6) is 0 Å². The molecule has 1 aliphatic carbocycles. The van der Waals surface area contributed by atoms with Crippen molar-refractivity contribution < 1.29 is 5.11 Å². The Morgan fingerprint density at radius 2 is 2.00 bits per heavy atom. The van der Waals surface area contributed by atoms with Crippen molar-refractivity contribution in [3.8, 4) is 0 Å². The predicted octanol–water partition coefficient (Wildman–Crippen LogP) is 2.00. The van der Waals surface area contributed by atoms with E-state index in [1.165, 1.54) is 6.42 Å². The van der Waals surface area contributed by atoms with Gasteiger partial charge in [-0.05, 0) is 19.3 Å². The third kappa shape index (κ3) is 7.08. The standard InChI is InChI=1S/C12H25N3O.HI/c1-2-3-9-14-11(13)15-10-12(16)7-5-4-6-8-12;/h16H,2-10H2,1H3,(H3,13,14,15);1H. The first-order chi connectivity index (χ1) is 7.66. The fourth-order valence-corrected chi connectivity index (χ4v) is 2.05. The monoisotopic (exact) mass is 355 g/mol. The van der Waals surface area contributed by atoms with E-state index in [9.17, 15) is 5.11 Å². The van der Waals surface area contributed by atoms with Crippen molar-refractivity contribution in [1.82, 2.24) is 5.32 Å².